The molecule has 1 rings (SSSR count). The van der Waals surface area contributed by atoms with Crippen molar-refractivity contribution in [3.05, 3.63) is 23.8 Å². The fourth-order valence-electron chi connectivity index (χ4n) is 1.45. The lowest BCUT2D eigenvalue weighted by Gasteiger charge is -2.13. The molecule has 1 heteroatoms. The molecule has 0 aromatic heterocycles. The van der Waals surface area contributed by atoms with Crippen LogP contribution in [0.2, 0.25) is 0 Å². The minimum Gasteiger partial charge on any atom is -0.396 e. The maximum absolute atomic E-state index is 8.68. The van der Waals surface area contributed by atoms with Crippen LogP contribution in [0.3, 0.4) is 0 Å². The molecule has 1 aliphatic rings. The van der Waals surface area contributed by atoms with Crippen molar-refractivity contribution < 1.29 is 5.11 Å². The van der Waals surface area contributed by atoms with E-state index in [0.29, 0.717) is 0 Å². The van der Waals surface area contributed by atoms with Crippen LogP contribution in [0.1, 0.15) is 32.1 Å². The van der Waals surface area contributed by atoms with Gasteiger partial charge in [-0.25, -0.2) is 0 Å². The van der Waals surface area contributed by atoms with E-state index in [9.17, 15) is 0 Å². The normalized spacial score (nSPS) is 17.7. The van der Waals surface area contributed by atoms with Gasteiger partial charge in [-0.1, -0.05) is 18.2 Å². The van der Waals surface area contributed by atoms with Gasteiger partial charge in [-0.05, 0) is 37.7 Å². The summed E-state index contributed by atoms with van der Waals surface area (Å²) >= 11 is 0. The summed E-state index contributed by atoms with van der Waals surface area (Å²) < 4.78 is 0. The van der Waals surface area contributed by atoms with Crippen LogP contribution in [0.5, 0.6) is 0 Å². The first-order chi connectivity index (χ1) is 5.34. The lowest BCUT2D eigenvalue weighted by atomic mass is 9.93. The highest BCUT2D eigenvalue weighted by Crippen LogP contribution is 2.24. The third-order valence-corrected chi connectivity index (χ3v) is 2.16. The molecule has 0 spiro atoms. The molecule has 1 aliphatic carbocycles. The Bertz CT molecular complexity index is 168. The largest absolute Gasteiger partial charge is 0.396 e. The molecule has 0 bridgehead atoms. The van der Waals surface area contributed by atoms with Crippen molar-refractivity contribution in [2.24, 2.45) is 0 Å². The van der Waals surface area contributed by atoms with E-state index < -0.39 is 0 Å². The lowest BCUT2D eigenvalue weighted by molar-refractivity contribution is 0.299. The second-order valence-corrected chi connectivity index (χ2v) is 3.05. The number of hydrogen-bond acceptors (Lipinski definition) is 1. The molecule has 0 saturated heterocycles. The first kappa shape index (κ1) is 8.54. The summed E-state index contributed by atoms with van der Waals surface area (Å²) in [6, 6.07) is 0. The van der Waals surface area contributed by atoms with Crippen LogP contribution < -0.4 is 0 Å². The maximum atomic E-state index is 8.68. The summed E-state index contributed by atoms with van der Waals surface area (Å²) in [5.74, 6) is 0. The highest BCUT2D eigenvalue weighted by atomic mass is 16.2. The van der Waals surface area contributed by atoms with Crippen molar-refractivity contribution in [2.75, 3.05) is 6.61 Å². The zero-order valence-corrected chi connectivity index (χ0v) is 6.97. The van der Waals surface area contributed by atoms with Gasteiger partial charge in [0.05, 0.1) is 0 Å². The van der Waals surface area contributed by atoms with E-state index in [1.807, 2.05) is 0 Å². The van der Waals surface area contributed by atoms with Crippen LogP contribution >= 0.6 is 0 Å². The molecular formula is C10H16O. The third kappa shape index (κ3) is 2.51. The summed E-state index contributed by atoms with van der Waals surface area (Å²) in [6.07, 6.45) is 7.97. The Morgan fingerprint density at radius 2 is 2.36 bits per heavy atom. The predicted octanol–water partition coefficient (Wildman–Crippen LogP) is 2.43. The Labute approximate surface area is 68.4 Å². The molecule has 1 N–H and O–H groups in total. The van der Waals surface area contributed by atoms with E-state index in [2.05, 4.69) is 12.7 Å². The van der Waals surface area contributed by atoms with Crippen LogP contribution in [0.25, 0.3) is 0 Å². The molecule has 62 valence electrons. The molecule has 0 aromatic rings. The molecule has 0 atom stereocenters. The van der Waals surface area contributed by atoms with Gasteiger partial charge in [-0.3, -0.25) is 0 Å². The van der Waals surface area contributed by atoms with Gasteiger partial charge in [0, 0.05) is 6.61 Å². The molecule has 11 heavy (non-hydrogen) atoms. The minimum atomic E-state index is 0.232. The number of rotatable bonds is 3. The molecule has 0 radical (unpaired) electrons. The number of allylic oxidation sites excluding steroid dienone is 2. The third-order valence-electron chi connectivity index (χ3n) is 2.16. The van der Waals surface area contributed by atoms with Crippen molar-refractivity contribution in [1.29, 1.82) is 0 Å². The Morgan fingerprint density at radius 3 is 2.91 bits per heavy atom. The monoisotopic (exact) mass is 152 g/mol. The Hall–Kier alpha value is -0.560. The molecular weight excluding hydrogens is 136 g/mol. The number of aliphatic hydroxyl groups excluding tert-OH is 1. The van der Waals surface area contributed by atoms with Gasteiger partial charge in [0.25, 0.3) is 0 Å². The van der Waals surface area contributed by atoms with Crippen LogP contribution in [0.4, 0.5) is 0 Å². The standard InChI is InChI=1S/C10H16O/c1-9(7-8-11)10-5-3-2-4-6-10/h5,11H,1-4,6-8H2. The molecule has 0 amide bonds. The maximum Gasteiger partial charge on any atom is 0.0471 e. The summed E-state index contributed by atoms with van der Waals surface area (Å²) in [4.78, 5) is 0. The van der Waals surface area contributed by atoms with Crippen LogP contribution in [-0.4, -0.2) is 11.7 Å². The highest BCUT2D eigenvalue weighted by Gasteiger charge is 2.05. The molecule has 0 heterocycles. The van der Waals surface area contributed by atoms with Crippen LogP contribution in [0, 0.1) is 0 Å². The highest BCUT2D eigenvalue weighted by molar-refractivity contribution is 5.29. The Morgan fingerprint density at radius 1 is 1.55 bits per heavy atom. The van der Waals surface area contributed by atoms with E-state index in [4.69, 9.17) is 5.11 Å². The topological polar surface area (TPSA) is 20.2 Å². The minimum absolute atomic E-state index is 0.232. The van der Waals surface area contributed by atoms with Crippen LogP contribution in [0.15, 0.2) is 23.8 Å². The van der Waals surface area contributed by atoms with E-state index in [1.54, 1.807) is 0 Å². The molecule has 0 aliphatic heterocycles. The van der Waals surface area contributed by atoms with Crippen molar-refractivity contribution in [2.45, 2.75) is 32.1 Å². The average Bonchev–Trinajstić information content (AvgIpc) is 2.07. The van der Waals surface area contributed by atoms with Crippen molar-refractivity contribution >= 4 is 0 Å². The predicted molar refractivity (Wildman–Crippen MR) is 47.4 cm³/mol. The smallest absolute Gasteiger partial charge is 0.0471 e. The van der Waals surface area contributed by atoms with Crippen molar-refractivity contribution in [1.82, 2.24) is 0 Å². The fourth-order valence-corrected chi connectivity index (χ4v) is 1.45. The summed E-state index contributed by atoms with van der Waals surface area (Å²) in [5, 5.41) is 8.68. The molecule has 0 aromatic carbocycles. The molecule has 0 fully saturated rings. The zero-order chi connectivity index (χ0) is 8.10. The zero-order valence-electron chi connectivity index (χ0n) is 6.97. The summed E-state index contributed by atoms with van der Waals surface area (Å²) in [6.45, 7) is 4.17. The van der Waals surface area contributed by atoms with Gasteiger partial charge < -0.3 is 5.11 Å². The second-order valence-electron chi connectivity index (χ2n) is 3.05. The van der Waals surface area contributed by atoms with E-state index >= 15 is 0 Å². The quantitative estimate of drug-likeness (QED) is 0.658. The van der Waals surface area contributed by atoms with Gasteiger partial charge in [0.15, 0.2) is 0 Å². The van der Waals surface area contributed by atoms with Gasteiger partial charge in [0.1, 0.15) is 0 Å². The van der Waals surface area contributed by atoms with E-state index in [1.165, 1.54) is 31.3 Å². The summed E-state index contributed by atoms with van der Waals surface area (Å²) in [7, 11) is 0. The van der Waals surface area contributed by atoms with E-state index in [-0.39, 0.29) is 6.61 Å². The first-order valence-electron chi connectivity index (χ1n) is 4.32. The van der Waals surface area contributed by atoms with Crippen LogP contribution in [-0.2, 0) is 0 Å². The lowest BCUT2D eigenvalue weighted by Crippen LogP contribution is -1.96. The molecule has 1 nitrogen and oxygen atoms in total. The summed E-state index contributed by atoms with van der Waals surface area (Å²) in [5.41, 5.74) is 2.51. The second kappa shape index (κ2) is 4.35. The first-order valence-corrected chi connectivity index (χ1v) is 4.32. The van der Waals surface area contributed by atoms with Gasteiger partial charge in [-0.2, -0.15) is 0 Å². The van der Waals surface area contributed by atoms with E-state index in [0.717, 1.165) is 12.0 Å². The fraction of sp³-hybridized carbons (Fsp3) is 0.600. The Balaban J connectivity index is 2.44. The van der Waals surface area contributed by atoms with Gasteiger partial charge >= 0.3 is 0 Å². The average molecular weight is 152 g/mol. The molecule has 0 unspecified atom stereocenters. The SMILES string of the molecule is C=C(CCO)C1=CCCCC1. The van der Waals surface area contributed by atoms with Crippen molar-refractivity contribution in [3.63, 3.8) is 0 Å². The van der Waals surface area contributed by atoms with Gasteiger partial charge in [-0.15, -0.1) is 0 Å². The van der Waals surface area contributed by atoms with Crippen molar-refractivity contribution in [3.8, 4) is 0 Å². The molecule has 0 saturated carbocycles. The van der Waals surface area contributed by atoms with Gasteiger partial charge in [0.2, 0.25) is 0 Å². The number of aliphatic hydroxyl groups is 1. The number of hydrogen-bond donors (Lipinski definition) is 1. The Kier molecular flexibility index (Phi) is 3.37.